The molecule has 2 nitrogen and oxygen atoms in total. The molecule has 3 N–H and O–H groups in total. The van der Waals surface area contributed by atoms with Crippen LogP contribution in [0.25, 0.3) is 0 Å². The van der Waals surface area contributed by atoms with E-state index in [0.717, 1.165) is 18.7 Å². The summed E-state index contributed by atoms with van der Waals surface area (Å²) in [6.07, 6.45) is 0. The van der Waals surface area contributed by atoms with Gasteiger partial charge in [-0.15, -0.1) is 24.8 Å². The van der Waals surface area contributed by atoms with Gasteiger partial charge in [0.25, 0.3) is 0 Å². The van der Waals surface area contributed by atoms with E-state index in [-0.39, 0.29) is 42.6 Å². The molecule has 1 aliphatic rings. The van der Waals surface area contributed by atoms with Crippen molar-refractivity contribution in [2.75, 3.05) is 13.1 Å². The minimum absolute atomic E-state index is 0. The Morgan fingerprint density at radius 2 is 1.87 bits per heavy atom. The van der Waals surface area contributed by atoms with Gasteiger partial charge in [0.15, 0.2) is 0 Å². The summed E-state index contributed by atoms with van der Waals surface area (Å²) in [5, 5.41) is 3.16. The van der Waals surface area contributed by atoms with E-state index in [1.165, 1.54) is 6.07 Å². The van der Waals surface area contributed by atoms with Crippen LogP contribution in [0.1, 0.15) is 11.5 Å². The highest BCUT2D eigenvalue weighted by atomic mass is 35.5. The Balaban J connectivity index is 0.000000980. The second kappa shape index (κ2) is 6.28. The van der Waals surface area contributed by atoms with Gasteiger partial charge in [0.1, 0.15) is 5.82 Å². The minimum atomic E-state index is -0.147. The highest BCUT2D eigenvalue weighted by molar-refractivity contribution is 5.85. The highest BCUT2D eigenvalue weighted by Crippen LogP contribution is 2.23. The Labute approximate surface area is 101 Å². The number of hydrogen-bond donors (Lipinski definition) is 2. The minimum Gasteiger partial charge on any atom is -0.326 e. The molecular formula is C10H15Cl2FN2. The van der Waals surface area contributed by atoms with Gasteiger partial charge < -0.3 is 11.1 Å². The van der Waals surface area contributed by atoms with Crippen molar-refractivity contribution < 1.29 is 4.39 Å². The molecule has 1 saturated heterocycles. The smallest absolute Gasteiger partial charge is 0.126 e. The summed E-state index contributed by atoms with van der Waals surface area (Å²) in [5.41, 5.74) is 6.59. The molecule has 0 aliphatic carbocycles. The summed E-state index contributed by atoms with van der Waals surface area (Å²) in [4.78, 5) is 0. The summed E-state index contributed by atoms with van der Waals surface area (Å²) >= 11 is 0. The van der Waals surface area contributed by atoms with Crippen LogP contribution in [0, 0.1) is 5.82 Å². The van der Waals surface area contributed by atoms with Crippen LogP contribution in [0.2, 0.25) is 0 Å². The van der Waals surface area contributed by atoms with Gasteiger partial charge >= 0.3 is 0 Å². The van der Waals surface area contributed by atoms with Crippen molar-refractivity contribution in [3.63, 3.8) is 0 Å². The molecular weight excluding hydrogens is 238 g/mol. The van der Waals surface area contributed by atoms with Crippen molar-refractivity contribution in [1.82, 2.24) is 5.32 Å². The first-order chi connectivity index (χ1) is 6.29. The Bertz CT molecular complexity index is 309. The molecule has 1 heterocycles. The summed E-state index contributed by atoms with van der Waals surface area (Å²) in [7, 11) is 0. The van der Waals surface area contributed by atoms with Crippen LogP contribution in [0.5, 0.6) is 0 Å². The van der Waals surface area contributed by atoms with Gasteiger partial charge in [0, 0.05) is 25.0 Å². The monoisotopic (exact) mass is 252 g/mol. The molecule has 86 valence electrons. The van der Waals surface area contributed by atoms with E-state index in [0.29, 0.717) is 0 Å². The lowest BCUT2D eigenvalue weighted by atomic mass is 9.94. The summed E-state index contributed by atoms with van der Waals surface area (Å²) in [6.45, 7) is 1.56. The number of halogens is 3. The van der Waals surface area contributed by atoms with E-state index in [2.05, 4.69) is 5.32 Å². The van der Waals surface area contributed by atoms with Crippen molar-refractivity contribution in [3.8, 4) is 0 Å². The molecule has 15 heavy (non-hydrogen) atoms. The van der Waals surface area contributed by atoms with Gasteiger partial charge in [-0.2, -0.15) is 0 Å². The fourth-order valence-electron chi connectivity index (χ4n) is 1.82. The Kier molecular flexibility index (Phi) is 6.13. The molecule has 2 atom stereocenters. The molecule has 0 aromatic heterocycles. The lowest BCUT2D eigenvalue weighted by Gasteiger charge is -2.14. The normalized spacial score (nSPS) is 24.1. The lowest BCUT2D eigenvalue weighted by Crippen LogP contribution is -2.28. The van der Waals surface area contributed by atoms with E-state index >= 15 is 0 Å². The van der Waals surface area contributed by atoms with Crippen LogP contribution < -0.4 is 11.1 Å². The summed E-state index contributed by atoms with van der Waals surface area (Å²) < 4.78 is 13.3. The zero-order valence-corrected chi connectivity index (χ0v) is 9.78. The maximum absolute atomic E-state index is 13.3. The molecule has 0 saturated carbocycles. The Morgan fingerprint density at radius 1 is 1.20 bits per heavy atom. The standard InChI is InChI=1S/C10H13FN2.2ClH/c11-9-4-2-1-3-7(9)8-5-13-6-10(8)12;;/h1-4,8,10,13H,5-6,12H2;2*1H. The Hall–Kier alpha value is -0.350. The molecule has 1 aromatic rings. The van der Waals surface area contributed by atoms with Crippen molar-refractivity contribution >= 4 is 24.8 Å². The first kappa shape index (κ1) is 14.6. The zero-order chi connectivity index (χ0) is 9.26. The average Bonchev–Trinajstić information content (AvgIpc) is 2.52. The molecule has 0 radical (unpaired) electrons. The molecule has 2 rings (SSSR count). The molecule has 0 amide bonds. The third-order valence-electron chi connectivity index (χ3n) is 2.57. The quantitative estimate of drug-likeness (QED) is 0.799. The Morgan fingerprint density at radius 3 is 2.40 bits per heavy atom. The number of hydrogen-bond acceptors (Lipinski definition) is 2. The van der Waals surface area contributed by atoms with Crippen LogP contribution in [0.15, 0.2) is 24.3 Å². The summed E-state index contributed by atoms with van der Waals surface area (Å²) in [6, 6.07) is 6.89. The average molecular weight is 253 g/mol. The molecule has 0 bridgehead atoms. The molecule has 1 aromatic carbocycles. The third kappa shape index (κ3) is 3.05. The van der Waals surface area contributed by atoms with E-state index in [1.807, 2.05) is 12.1 Å². The SMILES string of the molecule is Cl.Cl.NC1CNCC1c1ccccc1F. The highest BCUT2D eigenvalue weighted by Gasteiger charge is 2.26. The largest absolute Gasteiger partial charge is 0.326 e. The molecule has 2 unspecified atom stereocenters. The number of nitrogens with one attached hydrogen (secondary N) is 1. The van der Waals surface area contributed by atoms with Crippen LogP contribution in [0.4, 0.5) is 4.39 Å². The number of nitrogens with two attached hydrogens (primary N) is 1. The second-order valence-electron chi connectivity index (χ2n) is 3.45. The first-order valence-electron chi connectivity index (χ1n) is 4.50. The van der Waals surface area contributed by atoms with Gasteiger partial charge in [0.2, 0.25) is 0 Å². The second-order valence-corrected chi connectivity index (χ2v) is 3.45. The van der Waals surface area contributed by atoms with Crippen molar-refractivity contribution in [1.29, 1.82) is 0 Å². The molecule has 5 heteroatoms. The van der Waals surface area contributed by atoms with Gasteiger partial charge in [-0.25, -0.2) is 4.39 Å². The molecule has 0 spiro atoms. The van der Waals surface area contributed by atoms with E-state index in [4.69, 9.17) is 5.73 Å². The van der Waals surface area contributed by atoms with Crippen molar-refractivity contribution in [2.45, 2.75) is 12.0 Å². The van der Waals surface area contributed by atoms with Gasteiger partial charge in [-0.1, -0.05) is 18.2 Å². The van der Waals surface area contributed by atoms with Crippen LogP contribution in [-0.4, -0.2) is 19.1 Å². The summed E-state index contributed by atoms with van der Waals surface area (Å²) in [5.74, 6) is -0.0205. The predicted octanol–water partition coefficient (Wildman–Crippen LogP) is 1.68. The first-order valence-corrected chi connectivity index (χ1v) is 4.50. The van der Waals surface area contributed by atoms with Gasteiger partial charge in [0.05, 0.1) is 0 Å². The van der Waals surface area contributed by atoms with Gasteiger partial charge in [-0.05, 0) is 11.6 Å². The zero-order valence-electron chi connectivity index (χ0n) is 8.15. The number of rotatable bonds is 1. The maximum Gasteiger partial charge on any atom is 0.126 e. The van der Waals surface area contributed by atoms with Crippen LogP contribution >= 0.6 is 24.8 Å². The fourth-order valence-corrected chi connectivity index (χ4v) is 1.82. The van der Waals surface area contributed by atoms with Gasteiger partial charge in [-0.3, -0.25) is 0 Å². The maximum atomic E-state index is 13.3. The van der Waals surface area contributed by atoms with Crippen LogP contribution in [-0.2, 0) is 0 Å². The van der Waals surface area contributed by atoms with Crippen LogP contribution in [0.3, 0.4) is 0 Å². The topological polar surface area (TPSA) is 38.0 Å². The predicted molar refractivity (Wildman–Crippen MR) is 64.5 cm³/mol. The third-order valence-corrected chi connectivity index (χ3v) is 2.57. The number of benzene rings is 1. The molecule has 1 fully saturated rings. The molecule has 1 aliphatic heterocycles. The van der Waals surface area contributed by atoms with E-state index in [1.54, 1.807) is 6.07 Å². The van der Waals surface area contributed by atoms with E-state index < -0.39 is 0 Å². The fraction of sp³-hybridized carbons (Fsp3) is 0.400. The van der Waals surface area contributed by atoms with Crippen molar-refractivity contribution in [2.24, 2.45) is 5.73 Å². The lowest BCUT2D eigenvalue weighted by molar-refractivity contribution is 0.566. The van der Waals surface area contributed by atoms with Crippen molar-refractivity contribution in [3.05, 3.63) is 35.6 Å². The van der Waals surface area contributed by atoms with E-state index in [9.17, 15) is 4.39 Å².